The first-order valence-electron chi connectivity index (χ1n) is 14.1. The van der Waals surface area contributed by atoms with Gasteiger partial charge in [-0.1, -0.05) is 91.0 Å². The van der Waals surface area contributed by atoms with E-state index in [4.69, 9.17) is 4.74 Å². The molecule has 3 atom stereocenters. The van der Waals surface area contributed by atoms with Gasteiger partial charge in [-0.2, -0.15) is 0 Å². The Morgan fingerprint density at radius 2 is 1.43 bits per heavy atom. The van der Waals surface area contributed by atoms with Crippen LogP contribution in [0.2, 0.25) is 0 Å². The van der Waals surface area contributed by atoms with Crippen LogP contribution in [0.5, 0.6) is 0 Å². The lowest BCUT2D eigenvalue weighted by Crippen LogP contribution is -2.65. The number of hydrogen-bond donors (Lipinski definition) is 1. The first-order chi connectivity index (χ1) is 19.5. The van der Waals surface area contributed by atoms with Crippen LogP contribution in [0.1, 0.15) is 47.9 Å². The SMILES string of the molecule is COC(=O)[C@@H]1C[C@H](N2CCC3(CC2)C(=O)NC3c2ccccc2)CN1C(=O)C(c1ccccc1)c1ccccc1. The van der Waals surface area contributed by atoms with E-state index >= 15 is 0 Å². The average Bonchev–Trinajstić information content (AvgIpc) is 3.47. The number of carbonyl (C=O) groups is 3. The number of hydrogen-bond acceptors (Lipinski definition) is 5. The van der Waals surface area contributed by atoms with Crippen LogP contribution < -0.4 is 5.32 Å². The number of likely N-dealkylation sites (tertiary alicyclic amines) is 2. The molecule has 3 aliphatic heterocycles. The van der Waals surface area contributed by atoms with Crippen molar-refractivity contribution in [1.82, 2.24) is 15.1 Å². The second kappa shape index (κ2) is 10.9. The number of piperidine rings is 1. The molecule has 206 valence electrons. The van der Waals surface area contributed by atoms with E-state index in [9.17, 15) is 14.4 Å². The summed E-state index contributed by atoms with van der Waals surface area (Å²) in [5, 5.41) is 3.13. The van der Waals surface area contributed by atoms with Crippen LogP contribution in [-0.2, 0) is 19.1 Å². The van der Waals surface area contributed by atoms with Crippen LogP contribution in [0, 0.1) is 5.41 Å². The second-order valence-corrected chi connectivity index (χ2v) is 11.2. The van der Waals surface area contributed by atoms with E-state index in [0.29, 0.717) is 13.0 Å². The number of rotatable bonds is 6. The summed E-state index contributed by atoms with van der Waals surface area (Å²) in [6.07, 6.45) is 2.03. The number of methoxy groups -OCH3 is 1. The number of amides is 2. The van der Waals surface area contributed by atoms with Gasteiger partial charge in [0.05, 0.1) is 24.5 Å². The minimum atomic E-state index is -0.641. The Kier molecular flexibility index (Phi) is 7.15. The fourth-order valence-electron chi connectivity index (χ4n) is 6.93. The molecule has 0 saturated carbocycles. The topological polar surface area (TPSA) is 79.0 Å². The van der Waals surface area contributed by atoms with E-state index in [1.807, 2.05) is 78.9 Å². The Bertz CT molecular complexity index is 1320. The summed E-state index contributed by atoms with van der Waals surface area (Å²) in [4.78, 5) is 44.2. The monoisotopic (exact) mass is 537 g/mol. The molecule has 7 nitrogen and oxygen atoms in total. The van der Waals surface area contributed by atoms with Crippen molar-refractivity contribution in [2.75, 3.05) is 26.7 Å². The molecule has 1 N–H and O–H groups in total. The van der Waals surface area contributed by atoms with Crippen molar-refractivity contribution in [1.29, 1.82) is 0 Å². The van der Waals surface area contributed by atoms with Gasteiger partial charge in [-0.25, -0.2) is 4.79 Å². The number of ether oxygens (including phenoxy) is 1. The average molecular weight is 538 g/mol. The fourth-order valence-corrected chi connectivity index (χ4v) is 6.93. The first-order valence-corrected chi connectivity index (χ1v) is 14.1. The van der Waals surface area contributed by atoms with Crippen LogP contribution in [0.4, 0.5) is 0 Å². The third-order valence-electron chi connectivity index (χ3n) is 9.17. The smallest absolute Gasteiger partial charge is 0.328 e. The summed E-state index contributed by atoms with van der Waals surface area (Å²) >= 11 is 0. The summed E-state index contributed by atoms with van der Waals surface area (Å²) < 4.78 is 5.17. The van der Waals surface area contributed by atoms with Crippen molar-refractivity contribution in [3.05, 3.63) is 108 Å². The zero-order valence-electron chi connectivity index (χ0n) is 22.7. The van der Waals surface area contributed by atoms with Gasteiger partial charge in [0.15, 0.2) is 0 Å². The summed E-state index contributed by atoms with van der Waals surface area (Å²) in [5.74, 6) is -0.855. The van der Waals surface area contributed by atoms with E-state index in [2.05, 4.69) is 22.3 Å². The van der Waals surface area contributed by atoms with Gasteiger partial charge >= 0.3 is 5.97 Å². The van der Waals surface area contributed by atoms with E-state index in [1.165, 1.54) is 7.11 Å². The number of nitrogens with one attached hydrogen (secondary N) is 1. The summed E-state index contributed by atoms with van der Waals surface area (Å²) in [6.45, 7) is 1.95. The third-order valence-corrected chi connectivity index (χ3v) is 9.17. The Labute approximate surface area is 235 Å². The zero-order valence-corrected chi connectivity index (χ0v) is 22.7. The molecular weight excluding hydrogens is 502 g/mol. The molecule has 3 fully saturated rings. The van der Waals surface area contributed by atoms with Gasteiger partial charge in [0, 0.05) is 12.6 Å². The molecular formula is C33H35N3O4. The van der Waals surface area contributed by atoms with Crippen LogP contribution in [0.15, 0.2) is 91.0 Å². The Morgan fingerprint density at radius 1 is 0.875 bits per heavy atom. The summed E-state index contributed by atoms with van der Waals surface area (Å²) in [7, 11) is 1.38. The standard InChI is InChI=1S/C33H35N3O4/c1-40-31(38)27-21-26(35-19-17-33(18-20-35)29(34-32(33)39)25-15-9-4-10-16-25)22-36(27)30(37)28(23-11-5-2-6-12-23)24-13-7-3-8-14-24/h2-16,26-29H,17-22H2,1H3,(H,34,39)/t26-,27-,29?/m0/s1. The molecule has 2 amide bonds. The molecule has 3 aromatic rings. The highest BCUT2D eigenvalue weighted by Crippen LogP contribution is 2.50. The third kappa shape index (κ3) is 4.58. The molecule has 1 unspecified atom stereocenters. The molecule has 3 saturated heterocycles. The molecule has 0 aromatic heterocycles. The van der Waals surface area contributed by atoms with E-state index in [-0.39, 0.29) is 35.3 Å². The molecule has 1 spiro atoms. The minimum Gasteiger partial charge on any atom is -0.467 e. The van der Waals surface area contributed by atoms with Gasteiger partial charge in [-0.15, -0.1) is 0 Å². The van der Waals surface area contributed by atoms with E-state index < -0.39 is 12.0 Å². The number of nitrogens with zero attached hydrogens (tertiary/aromatic N) is 2. The van der Waals surface area contributed by atoms with Crippen LogP contribution in [-0.4, -0.2) is 66.4 Å². The van der Waals surface area contributed by atoms with Crippen molar-refractivity contribution < 1.29 is 19.1 Å². The lowest BCUT2D eigenvalue weighted by molar-refractivity contribution is -0.152. The number of esters is 1. The van der Waals surface area contributed by atoms with Gasteiger partial charge < -0.3 is 15.0 Å². The molecule has 6 rings (SSSR count). The number of β-lactam (4-membered cyclic amide) rings is 1. The Hall–Kier alpha value is -3.97. The van der Waals surface area contributed by atoms with Crippen LogP contribution in [0.3, 0.4) is 0 Å². The lowest BCUT2D eigenvalue weighted by Gasteiger charge is -2.53. The maximum Gasteiger partial charge on any atom is 0.328 e. The molecule has 7 heteroatoms. The highest BCUT2D eigenvalue weighted by molar-refractivity contribution is 5.92. The molecule has 3 aromatic carbocycles. The van der Waals surface area contributed by atoms with Gasteiger partial charge in [0.2, 0.25) is 11.8 Å². The molecule has 0 aliphatic carbocycles. The fraction of sp³-hybridized carbons (Fsp3) is 0.364. The lowest BCUT2D eigenvalue weighted by atomic mass is 9.64. The van der Waals surface area contributed by atoms with Crippen molar-refractivity contribution >= 4 is 17.8 Å². The van der Waals surface area contributed by atoms with Crippen molar-refractivity contribution in [3.8, 4) is 0 Å². The van der Waals surface area contributed by atoms with Crippen molar-refractivity contribution in [3.63, 3.8) is 0 Å². The molecule has 0 radical (unpaired) electrons. The molecule has 3 heterocycles. The maximum atomic E-state index is 14.3. The molecule has 0 bridgehead atoms. The maximum absolute atomic E-state index is 14.3. The van der Waals surface area contributed by atoms with Crippen LogP contribution in [0.25, 0.3) is 0 Å². The van der Waals surface area contributed by atoms with E-state index in [0.717, 1.165) is 42.6 Å². The summed E-state index contributed by atoms with van der Waals surface area (Å²) in [5.41, 5.74) is 2.55. The van der Waals surface area contributed by atoms with E-state index in [1.54, 1.807) is 4.90 Å². The largest absolute Gasteiger partial charge is 0.467 e. The zero-order chi connectivity index (χ0) is 27.7. The van der Waals surface area contributed by atoms with Crippen LogP contribution >= 0.6 is 0 Å². The van der Waals surface area contributed by atoms with Gasteiger partial charge in [0.25, 0.3) is 0 Å². The number of carbonyl (C=O) groups excluding carboxylic acids is 3. The normalized spacial score (nSPS) is 24.0. The quantitative estimate of drug-likeness (QED) is 0.381. The predicted molar refractivity (Wildman–Crippen MR) is 151 cm³/mol. The van der Waals surface area contributed by atoms with Crippen molar-refractivity contribution in [2.45, 2.75) is 43.3 Å². The summed E-state index contributed by atoms with van der Waals surface area (Å²) in [6, 6.07) is 29.1. The van der Waals surface area contributed by atoms with Crippen molar-refractivity contribution in [2.24, 2.45) is 5.41 Å². The first kappa shape index (κ1) is 26.3. The minimum absolute atomic E-state index is 0.0240. The highest BCUT2D eigenvalue weighted by atomic mass is 16.5. The second-order valence-electron chi connectivity index (χ2n) is 11.2. The highest BCUT2D eigenvalue weighted by Gasteiger charge is 2.57. The molecule has 3 aliphatic rings. The van der Waals surface area contributed by atoms with Gasteiger partial charge in [0.1, 0.15) is 6.04 Å². The number of benzene rings is 3. The van der Waals surface area contributed by atoms with Gasteiger partial charge in [-0.3, -0.25) is 14.5 Å². The molecule has 40 heavy (non-hydrogen) atoms. The predicted octanol–water partition coefficient (Wildman–Crippen LogP) is 3.91. The Morgan fingerprint density at radius 3 is 1.95 bits per heavy atom. The van der Waals surface area contributed by atoms with Gasteiger partial charge in [-0.05, 0) is 49.0 Å². The Balaban J connectivity index is 1.22.